The highest BCUT2D eigenvalue weighted by Gasteiger charge is 2.15. The first-order valence-electron chi connectivity index (χ1n) is 2.98. The van der Waals surface area contributed by atoms with Gasteiger partial charge in [0.25, 0.3) is 0 Å². The van der Waals surface area contributed by atoms with Crippen molar-refractivity contribution in [1.29, 1.82) is 0 Å². The second kappa shape index (κ2) is 1.06. The predicted molar refractivity (Wildman–Crippen MR) is 29.7 cm³/mol. The molecule has 7 heavy (non-hydrogen) atoms. The minimum absolute atomic E-state index is 0.954. The molecule has 0 amide bonds. The van der Waals surface area contributed by atoms with E-state index in [1.165, 1.54) is 19.3 Å². The Hall–Kier alpha value is -0.390. The highest BCUT2D eigenvalue weighted by atomic mass is 14.3. The van der Waals surface area contributed by atoms with Gasteiger partial charge in [0.05, 0.1) is 0 Å². The van der Waals surface area contributed by atoms with Crippen LogP contribution in [0.5, 0.6) is 0 Å². The van der Waals surface area contributed by atoms with E-state index >= 15 is 0 Å². The zero-order chi connectivity index (χ0) is 4.69. The molecule has 1 unspecified atom stereocenters. The van der Waals surface area contributed by atoms with Gasteiger partial charge in [-0.1, -0.05) is 12.8 Å². The van der Waals surface area contributed by atoms with Gasteiger partial charge in [-0.3, -0.25) is 0 Å². The van der Waals surface area contributed by atoms with Crippen molar-refractivity contribution in [1.82, 2.24) is 0 Å². The van der Waals surface area contributed by atoms with E-state index in [2.05, 4.69) is 12.2 Å². The Kier molecular flexibility index (Phi) is 0.543. The van der Waals surface area contributed by atoms with Gasteiger partial charge in [-0.05, 0) is 0 Å². The molecule has 0 aromatic carbocycles. The van der Waals surface area contributed by atoms with Crippen molar-refractivity contribution >= 4 is 0 Å². The van der Waals surface area contributed by atoms with Gasteiger partial charge in [0.15, 0.2) is 0 Å². The topological polar surface area (TPSA) is 0 Å². The molecule has 0 heteroatoms. The van der Waals surface area contributed by atoms with E-state index < -0.39 is 0 Å². The van der Waals surface area contributed by atoms with E-state index in [9.17, 15) is 0 Å². The molecule has 0 N–H and O–H groups in total. The smallest absolute Gasteiger partial charge is 0.0750 e. The highest BCUT2D eigenvalue weighted by Crippen LogP contribution is 2.39. The van der Waals surface area contributed by atoms with Crippen LogP contribution in [0.4, 0.5) is 0 Å². The predicted octanol–water partition coefficient (Wildman–Crippen LogP) is 1.93. The van der Waals surface area contributed by atoms with Crippen molar-refractivity contribution in [2.75, 3.05) is 0 Å². The van der Waals surface area contributed by atoms with Crippen molar-refractivity contribution in [3.05, 3.63) is 18.1 Å². The zero-order valence-electron chi connectivity index (χ0n) is 4.35. The van der Waals surface area contributed by atoms with Crippen LogP contribution < -0.4 is 0 Å². The Balaban J connectivity index is 2.27. The first-order valence-corrected chi connectivity index (χ1v) is 2.98. The molecule has 0 aromatic heterocycles. The van der Waals surface area contributed by atoms with Crippen LogP contribution in [0.2, 0.25) is 0 Å². The van der Waals surface area contributed by atoms with Gasteiger partial charge < -0.3 is 0 Å². The van der Waals surface area contributed by atoms with E-state index in [0.717, 1.165) is 5.92 Å². The molecule has 0 aromatic rings. The SMILES string of the molecule is C1=CC2CC[C-]1C2. The fourth-order valence-electron chi connectivity index (χ4n) is 1.50. The first kappa shape index (κ1) is 3.59. The van der Waals surface area contributed by atoms with Gasteiger partial charge in [0.2, 0.25) is 0 Å². The molecule has 0 spiro atoms. The average molecular weight is 93.1 g/mol. The third-order valence-electron chi connectivity index (χ3n) is 1.96. The largest absolute Gasteiger partial charge is 0.229 e. The number of hydrogen-bond donors (Lipinski definition) is 0. The molecule has 2 bridgehead atoms. The lowest BCUT2D eigenvalue weighted by molar-refractivity contribution is 0.700. The van der Waals surface area contributed by atoms with E-state index in [4.69, 9.17) is 0 Å². The Morgan fingerprint density at radius 1 is 1.57 bits per heavy atom. The van der Waals surface area contributed by atoms with Gasteiger partial charge >= 0.3 is 0 Å². The lowest BCUT2D eigenvalue weighted by Gasteiger charge is -2.07. The summed E-state index contributed by atoms with van der Waals surface area (Å²) in [5, 5.41) is 0. The average Bonchev–Trinajstić information content (AvgIpc) is 2.22. The van der Waals surface area contributed by atoms with Gasteiger partial charge in [0, 0.05) is 0 Å². The molecule has 2 rings (SSSR count). The summed E-state index contributed by atoms with van der Waals surface area (Å²) in [6, 6.07) is 0. The number of fused-ring (bicyclic) bond motifs is 2. The van der Waals surface area contributed by atoms with Crippen LogP contribution in [-0.4, -0.2) is 0 Å². The Morgan fingerprint density at radius 2 is 2.57 bits per heavy atom. The van der Waals surface area contributed by atoms with Crippen LogP contribution in [0.25, 0.3) is 0 Å². The molecule has 1 fully saturated rings. The summed E-state index contributed by atoms with van der Waals surface area (Å²) in [5.41, 5.74) is 0. The molecular formula is C7H9-. The van der Waals surface area contributed by atoms with Gasteiger partial charge in [-0.2, -0.15) is 0 Å². The van der Waals surface area contributed by atoms with E-state index in [-0.39, 0.29) is 0 Å². The third kappa shape index (κ3) is 0.395. The summed E-state index contributed by atoms with van der Waals surface area (Å²) < 4.78 is 0. The number of allylic oxidation sites excluding steroid dienone is 2. The molecule has 2 aliphatic carbocycles. The normalized spacial score (nSPS) is 35.4. The van der Waals surface area contributed by atoms with Crippen molar-refractivity contribution in [3.63, 3.8) is 0 Å². The van der Waals surface area contributed by atoms with E-state index in [1.807, 2.05) is 0 Å². The molecule has 2 aliphatic rings. The molecule has 0 heterocycles. The summed E-state index contributed by atoms with van der Waals surface area (Å²) >= 11 is 0. The van der Waals surface area contributed by atoms with E-state index in [1.54, 1.807) is 5.92 Å². The Labute approximate surface area is 44.2 Å². The summed E-state index contributed by atoms with van der Waals surface area (Å²) in [5.74, 6) is 2.64. The van der Waals surface area contributed by atoms with Crippen LogP contribution in [0, 0.1) is 11.8 Å². The van der Waals surface area contributed by atoms with Crippen LogP contribution in [0.15, 0.2) is 12.2 Å². The molecule has 0 nitrogen and oxygen atoms in total. The van der Waals surface area contributed by atoms with Crippen molar-refractivity contribution < 1.29 is 0 Å². The van der Waals surface area contributed by atoms with Crippen LogP contribution in [-0.2, 0) is 0 Å². The van der Waals surface area contributed by atoms with E-state index in [0.29, 0.717) is 0 Å². The fourth-order valence-corrected chi connectivity index (χ4v) is 1.50. The minimum Gasteiger partial charge on any atom is -0.229 e. The van der Waals surface area contributed by atoms with Gasteiger partial charge in [-0.25, -0.2) is 18.1 Å². The molecule has 0 saturated heterocycles. The molecule has 1 saturated carbocycles. The van der Waals surface area contributed by atoms with Crippen LogP contribution >= 0.6 is 0 Å². The summed E-state index contributed by atoms with van der Waals surface area (Å²) in [6.45, 7) is 0. The number of hydrogen-bond acceptors (Lipinski definition) is 0. The third-order valence-corrected chi connectivity index (χ3v) is 1.96. The maximum atomic E-state index is 2.35. The monoisotopic (exact) mass is 93.1 g/mol. The molecule has 0 radical (unpaired) electrons. The second-order valence-corrected chi connectivity index (χ2v) is 2.52. The second-order valence-electron chi connectivity index (χ2n) is 2.52. The lowest BCUT2D eigenvalue weighted by Crippen LogP contribution is -1.81. The van der Waals surface area contributed by atoms with Crippen LogP contribution in [0.1, 0.15) is 19.3 Å². The lowest BCUT2D eigenvalue weighted by atomic mass is 10.1. The highest BCUT2D eigenvalue weighted by molar-refractivity contribution is 5.24. The maximum absolute atomic E-state index is 2.35. The maximum Gasteiger partial charge on any atom is -0.0750 e. The van der Waals surface area contributed by atoms with Crippen molar-refractivity contribution in [2.45, 2.75) is 19.3 Å². The fraction of sp³-hybridized carbons (Fsp3) is 0.571. The Bertz CT molecular complexity index is 90.6. The molecular weight excluding hydrogens is 84.1 g/mol. The first-order chi connectivity index (χ1) is 3.45. The Morgan fingerprint density at radius 3 is 2.71 bits per heavy atom. The summed E-state index contributed by atoms with van der Waals surface area (Å²) in [6.07, 6.45) is 8.86. The molecule has 1 atom stereocenters. The van der Waals surface area contributed by atoms with Crippen molar-refractivity contribution in [2.24, 2.45) is 5.92 Å². The quantitative estimate of drug-likeness (QED) is 0.401. The zero-order valence-corrected chi connectivity index (χ0v) is 4.35. The van der Waals surface area contributed by atoms with Crippen LogP contribution in [0.3, 0.4) is 0 Å². The standard InChI is InChI=1S/C7H9/c1-2-7-4-3-6(1)5-7/h1-2,6H,3-5H2/q-1. The minimum atomic E-state index is 0.954. The van der Waals surface area contributed by atoms with Gasteiger partial charge in [0.1, 0.15) is 0 Å². The van der Waals surface area contributed by atoms with Gasteiger partial charge in [-0.15, -0.1) is 12.3 Å². The van der Waals surface area contributed by atoms with Crippen molar-refractivity contribution in [3.8, 4) is 0 Å². The molecule has 0 aliphatic heterocycles. The summed E-state index contributed by atoms with van der Waals surface area (Å²) in [4.78, 5) is 0. The summed E-state index contributed by atoms with van der Waals surface area (Å²) in [7, 11) is 0. The number of rotatable bonds is 0. The molecule has 38 valence electrons.